The van der Waals surface area contributed by atoms with E-state index in [9.17, 15) is 22.8 Å². The van der Waals surface area contributed by atoms with E-state index in [1.165, 1.54) is 24.3 Å². The van der Waals surface area contributed by atoms with Gasteiger partial charge in [-0.25, -0.2) is 13.1 Å². The minimum absolute atomic E-state index is 0.0147. The zero-order chi connectivity index (χ0) is 21.2. The van der Waals surface area contributed by atoms with Gasteiger partial charge in [0.25, 0.3) is 17.4 Å². The number of fused-ring (bicyclic) bond motifs is 1. The number of nitrogens with one attached hydrogen (secondary N) is 2. The Morgan fingerprint density at radius 3 is 2.31 bits per heavy atom. The third kappa shape index (κ3) is 4.16. The molecule has 2 aromatic carbocycles. The number of hydrazine groups is 1. The normalized spacial score (nSPS) is 11.2. The number of benzene rings is 2. The number of hydrogen-bond donors (Lipinski definition) is 2. The zero-order valence-electron chi connectivity index (χ0n) is 15.7. The largest absolute Gasteiger partial charge is 0.290 e. The number of aryl methyl sites for hydroxylation is 1. The van der Waals surface area contributed by atoms with E-state index in [4.69, 9.17) is 0 Å². The summed E-state index contributed by atoms with van der Waals surface area (Å²) in [5, 5.41) is 4.77. The van der Waals surface area contributed by atoms with E-state index in [1.54, 1.807) is 31.2 Å². The molecular formula is C19H18N4O5S. The lowest BCUT2D eigenvalue weighted by Crippen LogP contribution is -2.42. The summed E-state index contributed by atoms with van der Waals surface area (Å²) in [4.78, 5) is 37.2. The van der Waals surface area contributed by atoms with Crippen molar-refractivity contribution in [2.45, 2.75) is 18.4 Å². The summed E-state index contributed by atoms with van der Waals surface area (Å²) in [6, 6.07) is 12.0. The average Bonchev–Trinajstić information content (AvgIpc) is 2.71. The lowest BCUT2D eigenvalue weighted by Gasteiger charge is -2.11. The maximum absolute atomic E-state index is 12.6. The molecule has 1 heterocycles. The summed E-state index contributed by atoms with van der Waals surface area (Å²) in [6.45, 7) is 2.00. The standard InChI is InChI=1S/C19H18N4O5S/c1-3-23-19(26)15-10-5-4-9-14(15)16(22-23)18(25)21-20-17(24)12-7-6-8-13(11-12)29(2,27)28/h4-11H,3H2,1-2H3,(H,20,24)(H,21,25). The second-order valence-electron chi connectivity index (χ2n) is 6.22. The molecule has 2 N–H and O–H groups in total. The summed E-state index contributed by atoms with van der Waals surface area (Å²) in [5.74, 6) is -1.41. The second-order valence-corrected chi connectivity index (χ2v) is 8.24. The topological polar surface area (TPSA) is 127 Å². The number of rotatable bonds is 4. The van der Waals surface area contributed by atoms with E-state index >= 15 is 0 Å². The molecule has 0 aliphatic heterocycles. The zero-order valence-corrected chi connectivity index (χ0v) is 16.5. The first-order valence-electron chi connectivity index (χ1n) is 8.63. The summed E-state index contributed by atoms with van der Waals surface area (Å²) in [6.07, 6.45) is 1.03. The van der Waals surface area contributed by atoms with Crippen LogP contribution in [0.15, 0.2) is 58.2 Å². The number of carbonyl (C=O) groups is 2. The molecule has 0 unspecified atom stereocenters. The number of carbonyl (C=O) groups excluding carboxylic acids is 2. The van der Waals surface area contributed by atoms with Gasteiger partial charge in [0.2, 0.25) is 0 Å². The number of nitrogens with zero attached hydrogens (tertiary/aromatic N) is 2. The summed E-state index contributed by atoms with van der Waals surface area (Å²) in [7, 11) is -3.48. The van der Waals surface area contributed by atoms with Gasteiger partial charge in [-0.2, -0.15) is 5.10 Å². The Kier molecular flexibility index (Phi) is 5.46. The van der Waals surface area contributed by atoms with Gasteiger partial charge < -0.3 is 0 Å². The maximum atomic E-state index is 12.6. The van der Waals surface area contributed by atoms with Crippen molar-refractivity contribution in [2.75, 3.05) is 6.26 Å². The molecule has 0 aliphatic rings. The predicted octanol–water partition coefficient (Wildman–Crippen LogP) is 0.895. The van der Waals surface area contributed by atoms with Crippen molar-refractivity contribution in [3.05, 3.63) is 70.1 Å². The Bertz CT molecular complexity index is 1280. The Balaban J connectivity index is 1.86. The molecule has 0 radical (unpaired) electrons. The highest BCUT2D eigenvalue weighted by molar-refractivity contribution is 7.90. The molecular weight excluding hydrogens is 396 g/mol. The van der Waals surface area contributed by atoms with Gasteiger partial charge in [-0.1, -0.05) is 24.3 Å². The van der Waals surface area contributed by atoms with E-state index < -0.39 is 21.7 Å². The maximum Gasteiger partial charge on any atom is 0.290 e. The van der Waals surface area contributed by atoms with Crippen molar-refractivity contribution >= 4 is 32.4 Å². The van der Waals surface area contributed by atoms with E-state index in [2.05, 4.69) is 16.0 Å². The van der Waals surface area contributed by atoms with Crippen LogP contribution in [0.3, 0.4) is 0 Å². The van der Waals surface area contributed by atoms with Crippen LogP contribution in [0.4, 0.5) is 0 Å². The van der Waals surface area contributed by atoms with E-state index in [-0.39, 0.29) is 28.3 Å². The summed E-state index contributed by atoms with van der Waals surface area (Å²) < 4.78 is 24.4. The van der Waals surface area contributed by atoms with Gasteiger partial charge in [-0.05, 0) is 31.2 Å². The number of hydrogen-bond acceptors (Lipinski definition) is 6. The molecule has 0 saturated heterocycles. The molecule has 150 valence electrons. The van der Waals surface area contributed by atoms with Crippen LogP contribution >= 0.6 is 0 Å². The Hall–Kier alpha value is -3.53. The third-order valence-electron chi connectivity index (χ3n) is 4.20. The van der Waals surface area contributed by atoms with Gasteiger partial charge in [0.15, 0.2) is 15.5 Å². The molecule has 0 aliphatic carbocycles. The fourth-order valence-electron chi connectivity index (χ4n) is 2.73. The van der Waals surface area contributed by atoms with Crippen molar-refractivity contribution in [3.8, 4) is 0 Å². The van der Waals surface area contributed by atoms with Gasteiger partial charge in [0.05, 0.1) is 10.3 Å². The second kappa shape index (κ2) is 7.84. The number of sulfone groups is 1. The Morgan fingerprint density at radius 2 is 1.66 bits per heavy atom. The first-order valence-corrected chi connectivity index (χ1v) is 10.5. The molecule has 9 nitrogen and oxygen atoms in total. The highest BCUT2D eigenvalue weighted by Crippen LogP contribution is 2.13. The van der Waals surface area contributed by atoms with Crippen molar-refractivity contribution in [1.29, 1.82) is 0 Å². The van der Waals surface area contributed by atoms with Crippen LogP contribution in [0.5, 0.6) is 0 Å². The van der Waals surface area contributed by atoms with Crippen molar-refractivity contribution in [1.82, 2.24) is 20.6 Å². The van der Waals surface area contributed by atoms with Gasteiger partial charge in [0.1, 0.15) is 0 Å². The molecule has 0 saturated carbocycles. The molecule has 0 spiro atoms. The monoisotopic (exact) mass is 414 g/mol. The third-order valence-corrected chi connectivity index (χ3v) is 5.31. The lowest BCUT2D eigenvalue weighted by molar-refractivity contribution is 0.0843. The van der Waals surface area contributed by atoms with Gasteiger partial charge in [-0.3, -0.25) is 25.2 Å². The van der Waals surface area contributed by atoms with Crippen molar-refractivity contribution in [2.24, 2.45) is 0 Å². The molecule has 29 heavy (non-hydrogen) atoms. The fraction of sp³-hybridized carbons (Fsp3) is 0.158. The Morgan fingerprint density at radius 1 is 1.00 bits per heavy atom. The van der Waals surface area contributed by atoms with Crippen LogP contribution in [0, 0.1) is 0 Å². The lowest BCUT2D eigenvalue weighted by atomic mass is 10.1. The van der Waals surface area contributed by atoms with Crippen LogP contribution in [0.25, 0.3) is 10.8 Å². The first-order chi connectivity index (χ1) is 13.7. The van der Waals surface area contributed by atoms with Crippen molar-refractivity contribution < 1.29 is 18.0 Å². The van der Waals surface area contributed by atoms with Crippen LogP contribution in [-0.4, -0.2) is 36.3 Å². The van der Waals surface area contributed by atoms with E-state index in [1.807, 2.05) is 0 Å². The van der Waals surface area contributed by atoms with Crippen molar-refractivity contribution in [3.63, 3.8) is 0 Å². The first kappa shape index (κ1) is 20.2. The highest BCUT2D eigenvalue weighted by Gasteiger charge is 2.17. The molecule has 3 aromatic rings. The molecule has 3 rings (SSSR count). The minimum atomic E-state index is -3.48. The fourth-order valence-corrected chi connectivity index (χ4v) is 3.40. The number of amides is 2. The van der Waals surface area contributed by atoms with Gasteiger partial charge in [0, 0.05) is 23.8 Å². The average molecular weight is 414 g/mol. The summed E-state index contributed by atoms with van der Waals surface area (Å²) >= 11 is 0. The van der Waals surface area contributed by atoms with E-state index in [0.717, 1.165) is 10.9 Å². The predicted molar refractivity (Wildman–Crippen MR) is 106 cm³/mol. The molecule has 0 bridgehead atoms. The smallest absolute Gasteiger partial charge is 0.267 e. The molecule has 2 amide bonds. The van der Waals surface area contributed by atoms with Gasteiger partial charge >= 0.3 is 0 Å². The van der Waals surface area contributed by atoms with Crippen LogP contribution in [-0.2, 0) is 16.4 Å². The highest BCUT2D eigenvalue weighted by atomic mass is 32.2. The van der Waals surface area contributed by atoms with Crippen LogP contribution in [0.2, 0.25) is 0 Å². The van der Waals surface area contributed by atoms with Gasteiger partial charge in [-0.15, -0.1) is 0 Å². The van der Waals surface area contributed by atoms with E-state index in [0.29, 0.717) is 10.8 Å². The van der Waals surface area contributed by atoms with Crippen LogP contribution in [0.1, 0.15) is 27.8 Å². The molecule has 0 atom stereocenters. The Labute approximate surface area is 166 Å². The SMILES string of the molecule is CCn1nc(C(=O)NNC(=O)c2cccc(S(C)(=O)=O)c2)c2ccccc2c1=O. The quantitative estimate of drug-likeness (QED) is 0.611. The number of aromatic nitrogens is 2. The van der Waals surface area contributed by atoms with Crippen LogP contribution < -0.4 is 16.4 Å². The summed E-state index contributed by atoms with van der Waals surface area (Å²) in [5.41, 5.74) is 4.20. The molecule has 0 fully saturated rings. The minimum Gasteiger partial charge on any atom is -0.267 e. The molecule has 1 aromatic heterocycles. The molecule has 10 heteroatoms.